The van der Waals surface area contributed by atoms with Crippen molar-refractivity contribution >= 4 is 23.4 Å². The van der Waals surface area contributed by atoms with Crippen LogP contribution in [0, 0.1) is 0 Å². The molecule has 1 unspecified atom stereocenters. The highest BCUT2D eigenvalue weighted by molar-refractivity contribution is 7.98. The van der Waals surface area contributed by atoms with Crippen LogP contribution in [0.5, 0.6) is 5.75 Å². The van der Waals surface area contributed by atoms with Crippen LogP contribution in [-0.4, -0.2) is 31.2 Å². The molecule has 1 heterocycles. The van der Waals surface area contributed by atoms with Gasteiger partial charge in [0.1, 0.15) is 5.75 Å². The quantitative estimate of drug-likeness (QED) is 0.867. The van der Waals surface area contributed by atoms with Gasteiger partial charge in [-0.3, -0.25) is 0 Å². The van der Waals surface area contributed by atoms with E-state index in [0.717, 1.165) is 42.5 Å². The van der Waals surface area contributed by atoms with Crippen LogP contribution in [0.2, 0.25) is 5.02 Å². The summed E-state index contributed by atoms with van der Waals surface area (Å²) in [5.74, 6) is 2.18. The number of fused-ring (bicyclic) bond motifs is 1. The molecule has 0 spiro atoms. The molecule has 0 bridgehead atoms. The number of halogens is 1. The summed E-state index contributed by atoms with van der Waals surface area (Å²) in [7, 11) is 0. The van der Waals surface area contributed by atoms with Gasteiger partial charge in [-0.25, -0.2) is 0 Å². The van der Waals surface area contributed by atoms with Crippen LogP contribution in [0.4, 0.5) is 0 Å². The van der Waals surface area contributed by atoms with E-state index in [1.165, 1.54) is 11.1 Å². The number of nitrogens with one attached hydrogen (secondary N) is 1. The van der Waals surface area contributed by atoms with Crippen LogP contribution in [0.3, 0.4) is 0 Å². The van der Waals surface area contributed by atoms with E-state index in [4.69, 9.17) is 16.3 Å². The minimum absolute atomic E-state index is 0.483. The zero-order chi connectivity index (χ0) is 13.0. The van der Waals surface area contributed by atoms with Gasteiger partial charge in [-0.15, -0.1) is 0 Å². The van der Waals surface area contributed by atoms with E-state index in [1.807, 2.05) is 17.8 Å². The van der Waals surface area contributed by atoms with E-state index in [-0.39, 0.29) is 0 Å². The fourth-order valence-corrected chi connectivity index (χ4v) is 3.34. The van der Waals surface area contributed by atoms with Gasteiger partial charge in [0.15, 0.2) is 0 Å². The molecule has 1 aliphatic heterocycles. The first-order valence-electron chi connectivity index (χ1n) is 6.41. The molecule has 100 valence electrons. The van der Waals surface area contributed by atoms with Crippen molar-refractivity contribution in [3.63, 3.8) is 0 Å². The van der Waals surface area contributed by atoms with Crippen molar-refractivity contribution in [1.82, 2.24) is 5.32 Å². The standard InChI is InChI=1S/C14H20ClNOS/c1-3-16-13(9-18-2)8-11-7-12(15)6-10-4-5-17-14(10)11/h6-7,13,16H,3-5,8-9H2,1-2H3. The summed E-state index contributed by atoms with van der Waals surface area (Å²) >= 11 is 8.06. The van der Waals surface area contributed by atoms with E-state index in [0.29, 0.717) is 6.04 Å². The Morgan fingerprint density at radius 2 is 2.33 bits per heavy atom. The Morgan fingerprint density at radius 3 is 3.06 bits per heavy atom. The number of rotatable bonds is 6. The molecule has 0 saturated carbocycles. The van der Waals surface area contributed by atoms with Gasteiger partial charge in [-0.05, 0) is 42.5 Å². The van der Waals surface area contributed by atoms with E-state index in [9.17, 15) is 0 Å². The van der Waals surface area contributed by atoms with Crippen LogP contribution < -0.4 is 10.1 Å². The third-order valence-electron chi connectivity index (χ3n) is 3.15. The van der Waals surface area contributed by atoms with Crippen LogP contribution in [-0.2, 0) is 12.8 Å². The summed E-state index contributed by atoms with van der Waals surface area (Å²) in [5, 5.41) is 4.35. The van der Waals surface area contributed by atoms with Gasteiger partial charge in [0.05, 0.1) is 6.61 Å². The van der Waals surface area contributed by atoms with E-state index in [1.54, 1.807) is 0 Å². The molecule has 2 rings (SSSR count). The summed E-state index contributed by atoms with van der Waals surface area (Å²) in [5.41, 5.74) is 2.51. The molecule has 0 fully saturated rings. The Balaban J connectivity index is 2.17. The Morgan fingerprint density at radius 1 is 1.50 bits per heavy atom. The molecule has 0 amide bonds. The lowest BCUT2D eigenvalue weighted by Crippen LogP contribution is -2.33. The van der Waals surface area contributed by atoms with E-state index >= 15 is 0 Å². The van der Waals surface area contributed by atoms with Gasteiger partial charge in [0, 0.05) is 23.2 Å². The average Bonchev–Trinajstić information content (AvgIpc) is 2.77. The first kappa shape index (κ1) is 14.0. The number of benzene rings is 1. The zero-order valence-electron chi connectivity index (χ0n) is 11.0. The summed E-state index contributed by atoms with van der Waals surface area (Å²) < 4.78 is 5.75. The molecular weight excluding hydrogens is 266 g/mol. The fraction of sp³-hybridized carbons (Fsp3) is 0.571. The Hall–Kier alpha value is -0.380. The molecule has 1 aromatic carbocycles. The highest BCUT2D eigenvalue weighted by Gasteiger charge is 2.19. The SMILES string of the molecule is CCNC(CSC)Cc1cc(Cl)cc2c1OCC2. The lowest BCUT2D eigenvalue weighted by molar-refractivity contribution is 0.352. The zero-order valence-corrected chi connectivity index (χ0v) is 12.5. The summed E-state index contributed by atoms with van der Waals surface area (Å²) in [6.07, 6.45) is 4.11. The molecule has 0 radical (unpaired) electrons. The van der Waals surface area contributed by atoms with Crippen LogP contribution in [0.15, 0.2) is 12.1 Å². The number of thioether (sulfide) groups is 1. The smallest absolute Gasteiger partial charge is 0.125 e. The number of likely N-dealkylation sites (N-methyl/N-ethyl adjacent to an activating group) is 1. The molecule has 2 nitrogen and oxygen atoms in total. The topological polar surface area (TPSA) is 21.3 Å². The Labute approximate surface area is 118 Å². The minimum Gasteiger partial charge on any atom is -0.493 e. The number of hydrogen-bond acceptors (Lipinski definition) is 3. The molecule has 0 saturated heterocycles. The molecule has 1 aliphatic rings. The molecular formula is C14H20ClNOS. The predicted octanol–water partition coefficient (Wildman–Crippen LogP) is 3.16. The molecule has 18 heavy (non-hydrogen) atoms. The highest BCUT2D eigenvalue weighted by Crippen LogP contribution is 2.33. The summed E-state index contributed by atoms with van der Waals surface area (Å²) in [4.78, 5) is 0. The van der Waals surface area contributed by atoms with Crippen molar-refractivity contribution < 1.29 is 4.74 Å². The lowest BCUT2D eigenvalue weighted by atomic mass is 10.0. The number of ether oxygens (including phenoxy) is 1. The largest absolute Gasteiger partial charge is 0.493 e. The predicted molar refractivity (Wildman–Crippen MR) is 80.2 cm³/mol. The van der Waals surface area contributed by atoms with E-state index < -0.39 is 0 Å². The maximum atomic E-state index is 6.18. The van der Waals surface area contributed by atoms with Crippen LogP contribution in [0.25, 0.3) is 0 Å². The molecule has 1 N–H and O–H groups in total. The Kier molecular flexibility index (Phi) is 5.22. The monoisotopic (exact) mass is 285 g/mol. The molecule has 0 aliphatic carbocycles. The third kappa shape index (κ3) is 3.34. The Bertz CT molecular complexity index is 405. The van der Waals surface area contributed by atoms with Gasteiger partial charge in [0.25, 0.3) is 0 Å². The second kappa shape index (κ2) is 6.69. The first-order valence-corrected chi connectivity index (χ1v) is 8.18. The lowest BCUT2D eigenvalue weighted by Gasteiger charge is -2.18. The van der Waals surface area contributed by atoms with Crippen molar-refractivity contribution in [2.75, 3.05) is 25.2 Å². The van der Waals surface area contributed by atoms with Crippen LogP contribution >= 0.6 is 23.4 Å². The maximum Gasteiger partial charge on any atom is 0.125 e. The van der Waals surface area contributed by atoms with E-state index in [2.05, 4.69) is 24.6 Å². The molecule has 1 atom stereocenters. The van der Waals surface area contributed by atoms with Gasteiger partial charge in [0.2, 0.25) is 0 Å². The number of hydrogen-bond donors (Lipinski definition) is 1. The third-order valence-corrected chi connectivity index (χ3v) is 4.11. The van der Waals surface area contributed by atoms with Crippen LogP contribution in [0.1, 0.15) is 18.1 Å². The second-order valence-corrected chi connectivity index (χ2v) is 5.91. The van der Waals surface area contributed by atoms with Gasteiger partial charge in [-0.2, -0.15) is 11.8 Å². The van der Waals surface area contributed by atoms with Gasteiger partial charge >= 0.3 is 0 Å². The average molecular weight is 286 g/mol. The van der Waals surface area contributed by atoms with Crippen molar-refractivity contribution in [3.05, 3.63) is 28.3 Å². The summed E-state index contributed by atoms with van der Waals surface area (Å²) in [6.45, 7) is 3.93. The van der Waals surface area contributed by atoms with Gasteiger partial charge < -0.3 is 10.1 Å². The van der Waals surface area contributed by atoms with Crippen molar-refractivity contribution in [1.29, 1.82) is 0 Å². The minimum atomic E-state index is 0.483. The highest BCUT2D eigenvalue weighted by atomic mass is 35.5. The van der Waals surface area contributed by atoms with Crippen molar-refractivity contribution in [2.24, 2.45) is 0 Å². The second-order valence-electron chi connectivity index (χ2n) is 4.57. The van der Waals surface area contributed by atoms with Crippen molar-refractivity contribution in [2.45, 2.75) is 25.8 Å². The molecule has 1 aromatic rings. The molecule has 4 heteroatoms. The maximum absolute atomic E-state index is 6.18. The van der Waals surface area contributed by atoms with Crippen molar-refractivity contribution in [3.8, 4) is 5.75 Å². The normalized spacial score (nSPS) is 15.3. The summed E-state index contributed by atoms with van der Waals surface area (Å²) in [6, 6.07) is 4.57. The fourth-order valence-electron chi connectivity index (χ4n) is 2.44. The molecule has 0 aromatic heterocycles. The van der Waals surface area contributed by atoms with Gasteiger partial charge in [-0.1, -0.05) is 18.5 Å². The first-order chi connectivity index (χ1) is 8.74.